The van der Waals surface area contributed by atoms with E-state index in [1.165, 1.54) is 0 Å². The summed E-state index contributed by atoms with van der Waals surface area (Å²) in [7, 11) is 0. The number of carbonyl (C=O) groups is 1. The van der Waals surface area contributed by atoms with E-state index in [1.807, 2.05) is 30.3 Å². The lowest BCUT2D eigenvalue weighted by Crippen LogP contribution is -2.36. The lowest BCUT2D eigenvalue weighted by atomic mass is 9.92. The number of amides is 1. The molecule has 1 aromatic rings. The highest BCUT2D eigenvalue weighted by atomic mass is 16.3. The molecule has 1 aromatic carbocycles. The second-order valence-corrected chi connectivity index (χ2v) is 7.43. The van der Waals surface area contributed by atoms with Crippen molar-refractivity contribution in [3.05, 3.63) is 35.9 Å². The molecule has 0 aromatic heterocycles. The first kappa shape index (κ1) is 18.0. The third-order valence-electron chi connectivity index (χ3n) is 4.48. The smallest absolute Gasteiger partial charge is 0.223 e. The van der Waals surface area contributed by atoms with Gasteiger partial charge in [0.1, 0.15) is 0 Å². The normalized spacial score (nSPS) is 21.3. The Morgan fingerprint density at radius 2 is 2.09 bits per heavy atom. The number of carbonyl (C=O) groups excluding carboxylic acids is 1. The van der Waals surface area contributed by atoms with Crippen molar-refractivity contribution in [3.63, 3.8) is 0 Å². The van der Waals surface area contributed by atoms with Gasteiger partial charge in [-0.1, -0.05) is 44.2 Å². The van der Waals surface area contributed by atoms with E-state index in [2.05, 4.69) is 24.1 Å². The molecule has 2 unspecified atom stereocenters. The maximum Gasteiger partial charge on any atom is 0.223 e. The summed E-state index contributed by atoms with van der Waals surface area (Å²) in [6.07, 6.45) is 1.24. The Hall–Kier alpha value is -1.39. The number of aliphatic hydroxyl groups is 1. The molecular weight excluding hydrogens is 288 g/mol. The van der Waals surface area contributed by atoms with Crippen molar-refractivity contribution in [2.75, 3.05) is 26.2 Å². The minimum atomic E-state index is -1.12. The zero-order valence-corrected chi connectivity index (χ0v) is 14.6. The van der Waals surface area contributed by atoms with E-state index in [1.54, 1.807) is 6.92 Å². The Morgan fingerprint density at radius 3 is 2.74 bits per heavy atom. The summed E-state index contributed by atoms with van der Waals surface area (Å²) in [6, 6.07) is 9.37. The van der Waals surface area contributed by atoms with Crippen LogP contribution in [0.3, 0.4) is 0 Å². The van der Waals surface area contributed by atoms with E-state index >= 15 is 0 Å². The second-order valence-electron chi connectivity index (χ2n) is 7.43. The van der Waals surface area contributed by atoms with Crippen LogP contribution in [0.5, 0.6) is 0 Å². The van der Waals surface area contributed by atoms with Gasteiger partial charge >= 0.3 is 0 Å². The number of hydrogen-bond acceptors (Lipinski definition) is 3. The molecule has 4 heteroatoms. The minimum absolute atomic E-state index is 0.0823. The van der Waals surface area contributed by atoms with Crippen molar-refractivity contribution < 1.29 is 9.90 Å². The summed E-state index contributed by atoms with van der Waals surface area (Å²) in [4.78, 5) is 14.6. The third-order valence-corrected chi connectivity index (χ3v) is 4.48. The molecule has 0 bridgehead atoms. The SMILES string of the molecule is CC(C)CN1CCC(CNC(=O)CC(C)(O)c2ccccc2)C1. The summed E-state index contributed by atoms with van der Waals surface area (Å²) in [5.74, 6) is 1.13. The Kier molecular flexibility index (Phi) is 6.19. The van der Waals surface area contributed by atoms with E-state index in [9.17, 15) is 9.90 Å². The Bertz CT molecular complexity index is 499. The molecule has 1 aliphatic rings. The van der Waals surface area contributed by atoms with Gasteiger partial charge in [0.15, 0.2) is 0 Å². The van der Waals surface area contributed by atoms with E-state index in [0.29, 0.717) is 18.4 Å². The highest BCUT2D eigenvalue weighted by molar-refractivity contribution is 5.77. The van der Waals surface area contributed by atoms with Gasteiger partial charge in [0.25, 0.3) is 0 Å². The molecule has 1 heterocycles. The van der Waals surface area contributed by atoms with Crippen molar-refractivity contribution in [1.29, 1.82) is 0 Å². The summed E-state index contributed by atoms with van der Waals surface area (Å²) in [5.41, 5.74) is -0.343. The molecular formula is C19H30N2O2. The molecule has 1 fully saturated rings. The number of hydrogen-bond donors (Lipinski definition) is 2. The Balaban J connectivity index is 1.75. The molecule has 0 aliphatic carbocycles. The van der Waals surface area contributed by atoms with Crippen molar-refractivity contribution in [2.24, 2.45) is 11.8 Å². The number of nitrogens with one attached hydrogen (secondary N) is 1. The minimum Gasteiger partial charge on any atom is -0.385 e. The third kappa shape index (κ3) is 5.63. The number of rotatable bonds is 7. The molecule has 1 saturated heterocycles. The first-order valence-corrected chi connectivity index (χ1v) is 8.64. The van der Waals surface area contributed by atoms with Crippen LogP contribution in [-0.4, -0.2) is 42.1 Å². The van der Waals surface area contributed by atoms with E-state index in [-0.39, 0.29) is 12.3 Å². The average Bonchev–Trinajstić information content (AvgIpc) is 2.92. The van der Waals surface area contributed by atoms with E-state index < -0.39 is 5.60 Å². The van der Waals surface area contributed by atoms with Gasteiger partial charge in [-0.15, -0.1) is 0 Å². The van der Waals surface area contributed by atoms with Crippen LogP contribution >= 0.6 is 0 Å². The molecule has 1 aliphatic heterocycles. The molecule has 0 radical (unpaired) electrons. The molecule has 2 atom stereocenters. The van der Waals surface area contributed by atoms with Crippen molar-refractivity contribution >= 4 is 5.91 Å². The van der Waals surface area contributed by atoms with Gasteiger partial charge in [0.2, 0.25) is 5.91 Å². The van der Waals surface area contributed by atoms with Gasteiger partial charge in [0.05, 0.1) is 12.0 Å². The molecule has 1 amide bonds. The van der Waals surface area contributed by atoms with Gasteiger partial charge in [-0.05, 0) is 37.3 Å². The fourth-order valence-corrected chi connectivity index (χ4v) is 3.29. The number of nitrogens with zero attached hydrogens (tertiary/aromatic N) is 1. The fourth-order valence-electron chi connectivity index (χ4n) is 3.29. The van der Waals surface area contributed by atoms with Crippen LogP contribution in [0.15, 0.2) is 30.3 Å². The predicted molar refractivity (Wildman–Crippen MR) is 93.0 cm³/mol. The summed E-state index contributed by atoms with van der Waals surface area (Å²) < 4.78 is 0. The van der Waals surface area contributed by atoms with Gasteiger partial charge in [-0.25, -0.2) is 0 Å². The summed E-state index contributed by atoms with van der Waals surface area (Å²) in [6.45, 7) is 10.2. The zero-order valence-electron chi connectivity index (χ0n) is 14.6. The van der Waals surface area contributed by atoms with Gasteiger partial charge in [0, 0.05) is 19.6 Å². The van der Waals surface area contributed by atoms with Crippen molar-refractivity contribution in [3.8, 4) is 0 Å². The fraction of sp³-hybridized carbons (Fsp3) is 0.632. The van der Waals surface area contributed by atoms with Crippen LogP contribution in [0, 0.1) is 11.8 Å². The van der Waals surface area contributed by atoms with Crippen LogP contribution in [0.2, 0.25) is 0 Å². The molecule has 4 nitrogen and oxygen atoms in total. The lowest BCUT2D eigenvalue weighted by molar-refractivity contribution is -0.126. The lowest BCUT2D eigenvalue weighted by Gasteiger charge is -2.23. The van der Waals surface area contributed by atoms with E-state index in [0.717, 1.165) is 31.6 Å². The molecule has 2 N–H and O–H groups in total. The van der Waals surface area contributed by atoms with E-state index in [4.69, 9.17) is 0 Å². The van der Waals surface area contributed by atoms with Crippen LogP contribution in [-0.2, 0) is 10.4 Å². The van der Waals surface area contributed by atoms with Crippen LogP contribution in [0.1, 0.15) is 39.2 Å². The molecule has 23 heavy (non-hydrogen) atoms. The highest BCUT2D eigenvalue weighted by Gasteiger charge is 2.28. The highest BCUT2D eigenvalue weighted by Crippen LogP contribution is 2.24. The molecule has 0 saturated carbocycles. The summed E-state index contributed by atoms with van der Waals surface area (Å²) >= 11 is 0. The van der Waals surface area contributed by atoms with Gasteiger partial charge in [-0.2, -0.15) is 0 Å². The number of benzene rings is 1. The summed E-state index contributed by atoms with van der Waals surface area (Å²) in [5, 5.41) is 13.5. The van der Waals surface area contributed by atoms with Gasteiger partial charge in [-0.3, -0.25) is 4.79 Å². The Labute approximate surface area is 139 Å². The average molecular weight is 318 g/mol. The molecule has 0 spiro atoms. The monoisotopic (exact) mass is 318 g/mol. The van der Waals surface area contributed by atoms with Crippen molar-refractivity contribution in [1.82, 2.24) is 10.2 Å². The molecule has 128 valence electrons. The molecule has 2 rings (SSSR count). The maximum absolute atomic E-state index is 12.2. The van der Waals surface area contributed by atoms with Gasteiger partial charge < -0.3 is 15.3 Å². The topological polar surface area (TPSA) is 52.6 Å². The maximum atomic E-state index is 12.2. The first-order chi connectivity index (χ1) is 10.9. The van der Waals surface area contributed by atoms with Crippen LogP contribution in [0.4, 0.5) is 0 Å². The second kappa shape index (κ2) is 7.93. The quantitative estimate of drug-likeness (QED) is 0.811. The van der Waals surface area contributed by atoms with Crippen molar-refractivity contribution in [2.45, 2.75) is 39.2 Å². The largest absolute Gasteiger partial charge is 0.385 e. The standard InChI is InChI=1S/C19H30N2O2/c1-15(2)13-21-10-9-16(14-21)12-20-18(22)11-19(3,23)17-7-5-4-6-8-17/h4-8,15-16,23H,9-14H2,1-3H3,(H,20,22). The zero-order chi connectivity index (χ0) is 16.9. The number of likely N-dealkylation sites (tertiary alicyclic amines) is 1. The first-order valence-electron chi connectivity index (χ1n) is 8.64. The van der Waals surface area contributed by atoms with Crippen LogP contribution in [0.25, 0.3) is 0 Å². The van der Waals surface area contributed by atoms with Crippen LogP contribution < -0.4 is 5.32 Å². The predicted octanol–water partition coefficient (Wildman–Crippen LogP) is 2.38. The Morgan fingerprint density at radius 1 is 1.39 bits per heavy atom.